The van der Waals surface area contributed by atoms with Crippen molar-refractivity contribution in [3.05, 3.63) is 0 Å². The molecule has 1 unspecified atom stereocenters. The molecule has 0 N–H and O–H groups in total. The van der Waals surface area contributed by atoms with Crippen LogP contribution in [0, 0.1) is 0 Å². The van der Waals surface area contributed by atoms with Crippen molar-refractivity contribution >= 4 is 11.9 Å². The third-order valence-corrected chi connectivity index (χ3v) is 3.47. The maximum absolute atomic E-state index is 11.7. The lowest BCUT2D eigenvalue weighted by atomic mass is 9.93. The molecule has 0 radical (unpaired) electrons. The van der Waals surface area contributed by atoms with Gasteiger partial charge in [0.05, 0.1) is 20.3 Å². The van der Waals surface area contributed by atoms with E-state index in [1.54, 1.807) is 4.90 Å². The van der Waals surface area contributed by atoms with Gasteiger partial charge in [-0.3, -0.25) is 4.79 Å². The van der Waals surface area contributed by atoms with Gasteiger partial charge < -0.3 is 19.1 Å². The molecule has 0 aromatic heterocycles. The van der Waals surface area contributed by atoms with Gasteiger partial charge in [-0.2, -0.15) is 0 Å². The smallest absolute Gasteiger partial charge is 0.409 e. The molecule has 6 heteroatoms. The van der Waals surface area contributed by atoms with Crippen molar-refractivity contribution in [1.29, 1.82) is 0 Å². The van der Waals surface area contributed by atoms with Crippen molar-refractivity contribution in [1.82, 2.24) is 4.90 Å². The maximum atomic E-state index is 11.7. The third kappa shape index (κ3) is 2.64. The van der Waals surface area contributed by atoms with Gasteiger partial charge in [-0.25, -0.2) is 4.79 Å². The minimum atomic E-state index is -0.607. The molecule has 0 aliphatic carbocycles. The van der Waals surface area contributed by atoms with Crippen molar-refractivity contribution in [3.8, 4) is 0 Å². The molecule has 0 saturated carbocycles. The topological polar surface area (TPSA) is 65.1 Å². The Labute approximate surface area is 106 Å². The summed E-state index contributed by atoms with van der Waals surface area (Å²) < 4.78 is 16.0. The third-order valence-electron chi connectivity index (χ3n) is 3.47. The van der Waals surface area contributed by atoms with Gasteiger partial charge in [0.25, 0.3) is 0 Å². The number of piperidine rings is 1. The number of Topliss-reactive ketones (excluding diaryl/α,β-unsaturated/α-hetero) is 1. The number of ether oxygens (including phenoxy) is 3. The van der Waals surface area contributed by atoms with Gasteiger partial charge in [-0.1, -0.05) is 0 Å². The summed E-state index contributed by atoms with van der Waals surface area (Å²) in [5, 5.41) is 0. The van der Waals surface area contributed by atoms with Gasteiger partial charge in [0.15, 0.2) is 5.79 Å². The van der Waals surface area contributed by atoms with Crippen LogP contribution in [0.15, 0.2) is 0 Å². The van der Waals surface area contributed by atoms with E-state index in [0.29, 0.717) is 39.0 Å². The molecule has 2 aliphatic rings. The van der Waals surface area contributed by atoms with Crippen LogP contribution in [0.5, 0.6) is 0 Å². The summed E-state index contributed by atoms with van der Waals surface area (Å²) in [6, 6.07) is -0.207. The van der Waals surface area contributed by atoms with E-state index >= 15 is 0 Å². The average molecular weight is 257 g/mol. The Bertz CT molecular complexity index is 337. The standard InChI is InChI=1S/C12H19NO5/c1-9(14)7-10-8-12(17-5-6-18-12)3-4-13(10)11(15)16-2/h10H,3-8H2,1-2H3. The second-order valence-corrected chi connectivity index (χ2v) is 4.79. The van der Waals surface area contributed by atoms with Crippen LogP contribution >= 0.6 is 0 Å². The summed E-state index contributed by atoms with van der Waals surface area (Å²) in [5.74, 6) is -0.561. The number of hydrogen-bond donors (Lipinski definition) is 0. The molecule has 2 heterocycles. The van der Waals surface area contributed by atoms with Crippen LogP contribution < -0.4 is 0 Å². The highest BCUT2D eigenvalue weighted by Gasteiger charge is 2.46. The summed E-state index contributed by atoms with van der Waals surface area (Å²) in [5.41, 5.74) is 0. The quantitative estimate of drug-likeness (QED) is 0.736. The molecule has 0 aromatic carbocycles. The number of hydrogen-bond acceptors (Lipinski definition) is 5. The van der Waals surface area contributed by atoms with E-state index in [2.05, 4.69) is 0 Å². The van der Waals surface area contributed by atoms with Gasteiger partial charge >= 0.3 is 6.09 Å². The number of methoxy groups -OCH3 is 1. The van der Waals surface area contributed by atoms with Gasteiger partial charge in [-0.05, 0) is 6.92 Å². The van der Waals surface area contributed by atoms with Gasteiger partial charge in [0.2, 0.25) is 0 Å². The first-order valence-electron chi connectivity index (χ1n) is 6.18. The minimum Gasteiger partial charge on any atom is -0.453 e. The molecule has 18 heavy (non-hydrogen) atoms. The molecule has 2 saturated heterocycles. The highest BCUT2D eigenvalue weighted by Crippen LogP contribution is 2.35. The number of carbonyl (C=O) groups excluding carboxylic acids is 2. The van der Waals surface area contributed by atoms with Crippen LogP contribution in [-0.2, 0) is 19.0 Å². The first-order valence-corrected chi connectivity index (χ1v) is 6.18. The molecule has 0 aromatic rings. The summed E-state index contributed by atoms with van der Waals surface area (Å²) in [4.78, 5) is 24.6. The van der Waals surface area contributed by atoms with Crippen LogP contribution in [0.1, 0.15) is 26.2 Å². The second-order valence-electron chi connectivity index (χ2n) is 4.79. The number of nitrogens with zero attached hydrogens (tertiary/aromatic N) is 1. The predicted molar refractivity (Wildman–Crippen MR) is 62.1 cm³/mol. The van der Waals surface area contributed by atoms with Gasteiger partial charge in [0.1, 0.15) is 5.78 Å². The molecule has 1 atom stereocenters. The fraction of sp³-hybridized carbons (Fsp3) is 0.833. The molecule has 1 amide bonds. The summed E-state index contributed by atoms with van der Waals surface area (Å²) >= 11 is 0. The van der Waals surface area contributed by atoms with Crippen molar-refractivity contribution in [3.63, 3.8) is 0 Å². The SMILES string of the molecule is COC(=O)N1CCC2(CC1CC(C)=O)OCCO2. The minimum absolute atomic E-state index is 0.0453. The molecule has 102 valence electrons. The molecular formula is C12H19NO5. The zero-order chi connectivity index (χ0) is 13.2. The van der Waals surface area contributed by atoms with E-state index in [1.807, 2.05) is 0 Å². The normalized spacial score (nSPS) is 26.3. The Kier molecular flexibility index (Phi) is 3.87. The predicted octanol–water partition coefficient (Wildman–Crippen LogP) is 0.939. The molecule has 2 rings (SSSR count). The van der Waals surface area contributed by atoms with Crippen LogP contribution in [0.4, 0.5) is 4.79 Å². The van der Waals surface area contributed by atoms with Crippen molar-refractivity contribution in [2.45, 2.75) is 38.0 Å². The number of amides is 1. The van der Waals surface area contributed by atoms with E-state index in [9.17, 15) is 9.59 Å². The largest absolute Gasteiger partial charge is 0.453 e. The average Bonchev–Trinajstić information content (AvgIpc) is 2.76. The molecule has 2 aliphatic heterocycles. The number of ketones is 1. The fourth-order valence-corrected chi connectivity index (χ4v) is 2.68. The summed E-state index contributed by atoms with van der Waals surface area (Å²) in [7, 11) is 1.35. The van der Waals surface area contributed by atoms with Gasteiger partial charge in [-0.15, -0.1) is 0 Å². The first-order chi connectivity index (χ1) is 8.56. The lowest BCUT2D eigenvalue weighted by Crippen LogP contribution is -2.53. The molecule has 2 fully saturated rings. The zero-order valence-electron chi connectivity index (χ0n) is 10.8. The molecular weight excluding hydrogens is 238 g/mol. The molecule has 0 bridgehead atoms. The Morgan fingerprint density at radius 1 is 1.39 bits per heavy atom. The Morgan fingerprint density at radius 2 is 2.06 bits per heavy atom. The van der Waals surface area contributed by atoms with E-state index in [4.69, 9.17) is 14.2 Å². The van der Waals surface area contributed by atoms with E-state index in [-0.39, 0.29) is 11.8 Å². The molecule has 1 spiro atoms. The number of rotatable bonds is 2. The van der Waals surface area contributed by atoms with E-state index in [1.165, 1.54) is 14.0 Å². The number of likely N-dealkylation sites (tertiary alicyclic amines) is 1. The maximum Gasteiger partial charge on any atom is 0.409 e. The highest BCUT2D eigenvalue weighted by molar-refractivity contribution is 5.77. The van der Waals surface area contributed by atoms with Crippen molar-refractivity contribution in [2.75, 3.05) is 26.9 Å². The van der Waals surface area contributed by atoms with Crippen LogP contribution in [0.2, 0.25) is 0 Å². The van der Waals surface area contributed by atoms with Gasteiger partial charge in [0, 0.05) is 31.8 Å². The Balaban J connectivity index is 2.09. The lowest BCUT2D eigenvalue weighted by Gasteiger charge is -2.42. The monoisotopic (exact) mass is 257 g/mol. The second kappa shape index (κ2) is 5.24. The number of carbonyl (C=O) groups is 2. The Morgan fingerprint density at radius 3 is 2.61 bits per heavy atom. The zero-order valence-corrected chi connectivity index (χ0v) is 10.8. The van der Waals surface area contributed by atoms with Crippen molar-refractivity contribution in [2.24, 2.45) is 0 Å². The first kappa shape index (κ1) is 13.3. The fourth-order valence-electron chi connectivity index (χ4n) is 2.68. The van der Waals surface area contributed by atoms with E-state index < -0.39 is 11.9 Å². The highest BCUT2D eigenvalue weighted by atomic mass is 16.7. The lowest BCUT2D eigenvalue weighted by molar-refractivity contribution is -0.193. The van der Waals surface area contributed by atoms with Crippen LogP contribution in [0.25, 0.3) is 0 Å². The van der Waals surface area contributed by atoms with Crippen molar-refractivity contribution < 1.29 is 23.8 Å². The molecule has 6 nitrogen and oxygen atoms in total. The summed E-state index contributed by atoms with van der Waals surface area (Å²) in [6.45, 7) is 3.16. The Hall–Kier alpha value is -1.14. The summed E-state index contributed by atoms with van der Waals surface area (Å²) in [6.07, 6.45) is 1.07. The van der Waals surface area contributed by atoms with E-state index in [0.717, 1.165) is 0 Å². The van der Waals surface area contributed by atoms with Crippen LogP contribution in [0.3, 0.4) is 0 Å². The van der Waals surface area contributed by atoms with Crippen LogP contribution in [-0.4, -0.2) is 55.5 Å².